The van der Waals surface area contributed by atoms with Crippen LogP contribution in [0.2, 0.25) is 0 Å². The number of aromatic nitrogens is 1. The molecule has 0 bridgehead atoms. The number of ether oxygens (including phenoxy) is 1. The molecule has 1 aromatic heterocycles. The first-order valence-corrected chi connectivity index (χ1v) is 5.42. The third-order valence-corrected chi connectivity index (χ3v) is 3.18. The zero-order chi connectivity index (χ0) is 9.10. The predicted octanol–water partition coefficient (Wildman–Crippen LogP) is 1.71. The first-order valence-electron chi connectivity index (χ1n) is 4.54. The van der Waals surface area contributed by atoms with Crippen LogP contribution in [0.25, 0.3) is 0 Å². The molecule has 1 atom stereocenters. The van der Waals surface area contributed by atoms with Crippen LogP contribution in [0.5, 0.6) is 0 Å². The van der Waals surface area contributed by atoms with Crippen molar-refractivity contribution in [2.24, 2.45) is 0 Å². The van der Waals surface area contributed by atoms with Gasteiger partial charge in [0.2, 0.25) is 0 Å². The summed E-state index contributed by atoms with van der Waals surface area (Å²) in [4.78, 5) is 7.76. The molecule has 2 rings (SSSR count). The zero-order valence-electron chi connectivity index (χ0n) is 7.77. The lowest BCUT2D eigenvalue weighted by atomic mass is 10.4. The summed E-state index contributed by atoms with van der Waals surface area (Å²) in [5.74, 6) is 0. The van der Waals surface area contributed by atoms with Gasteiger partial charge in [-0.1, -0.05) is 0 Å². The lowest BCUT2D eigenvalue weighted by Gasteiger charge is -2.21. The number of hydrogen-bond acceptors (Lipinski definition) is 4. The number of nitrogens with zero attached hydrogens (tertiary/aromatic N) is 2. The summed E-state index contributed by atoms with van der Waals surface area (Å²) in [5.41, 5.74) is 1.88. The summed E-state index contributed by atoms with van der Waals surface area (Å²) >= 11 is 1.71. The lowest BCUT2D eigenvalue weighted by Crippen LogP contribution is -2.29. The van der Waals surface area contributed by atoms with E-state index in [0.29, 0.717) is 6.23 Å². The van der Waals surface area contributed by atoms with E-state index in [1.807, 2.05) is 11.7 Å². The molecule has 0 aromatic carbocycles. The highest BCUT2D eigenvalue weighted by Crippen LogP contribution is 2.21. The highest BCUT2D eigenvalue weighted by molar-refractivity contribution is 7.09. The molecule has 3 nitrogen and oxygen atoms in total. The Morgan fingerprint density at radius 2 is 2.69 bits per heavy atom. The molecule has 0 amide bonds. The Kier molecular flexibility index (Phi) is 2.93. The first-order chi connectivity index (χ1) is 6.40. The topological polar surface area (TPSA) is 25.4 Å². The molecule has 1 saturated heterocycles. The molecule has 4 heteroatoms. The van der Waals surface area contributed by atoms with Gasteiger partial charge in [-0.25, -0.2) is 0 Å². The molecule has 1 unspecified atom stereocenters. The molecular weight excluding hydrogens is 184 g/mol. The summed E-state index contributed by atoms with van der Waals surface area (Å²) in [6, 6.07) is 0. The van der Waals surface area contributed by atoms with E-state index in [1.54, 1.807) is 18.4 Å². The van der Waals surface area contributed by atoms with E-state index in [1.165, 1.54) is 11.3 Å². The Morgan fingerprint density at radius 1 is 1.77 bits per heavy atom. The van der Waals surface area contributed by atoms with Gasteiger partial charge in [-0.2, -0.15) is 0 Å². The van der Waals surface area contributed by atoms with Crippen LogP contribution < -0.4 is 0 Å². The second-order valence-corrected chi connectivity index (χ2v) is 4.24. The summed E-state index contributed by atoms with van der Waals surface area (Å²) in [7, 11) is 1.79. The van der Waals surface area contributed by atoms with E-state index in [9.17, 15) is 0 Å². The standard InChI is InChI=1S/C9H14N2OS/c1-12-9-3-2-4-11(9)6-8-5-10-7-13-8/h5,7,9H,2-4,6H2,1H3. The Hall–Kier alpha value is -0.450. The van der Waals surface area contributed by atoms with Crippen molar-refractivity contribution in [1.82, 2.24) is 9.88 Å². The third kappa shape index (κ3) is 2.07. The van der Waals surface area contributed by atoms with Gasteiger partial charge >= 0.3 is 0 Å². The van der Waals surface area contributed by atoms with E-state index in [-0.39, 0.29) is 0 Å². The molecule has 0 saturated carbocycles. The molecular formula is C9H14N2OS. The van der Waals surface area contributed by atoms with Gasteiger partial charge in [-0.3, -0.25) is 9.88 Å². The molecule has 1 aliphatic heterocycles. The van der Waals surface area contributed by atoms with Gasteiger partial charge in [-0.15, -0.1) is 11.3 Å². The molecule has 0 spiro atoms. The van der Waals surface area contributed by atoms with Crippen LogP contribution >= 0.6 is 11.3 Å². The van der Waals surface area contributed by atoms with Crippen molar-refractivity contribution < 1.29 is 4.74 Å². The second-order valence-electron chi connectivity index (χ2n) is 3.27. The maximum atomic E-state index is 5.38. The Bertz CT molecular complexity index is 250. The molecule has 1 aromatic rings. The van der Waals surface area contributed by atoms with E-state index in [2.05, 4.69) is 9.88 Å². The first kappa shape index (κ1) is 9.12. The maximum Gasteiger partial charge on any atom is 0.110 e. The van der Waals surface area contributed by atoms with Gasteiger partial charge < -0.3 is 4.74 Å². The van der Waals surface area contributed by atoms with Gasteiger partial charge in [0.15, 0.2) is 0 Å². The minimum atomic E-state index is 0.321. The Morgan fingerprint density at radius 3 is 3.38 bits per heavy atom. The summed E-state index contributed by atoms with van der Waals surface area (Å²) in [5, 5.41) is 0. The van der Waals surface area contributed by atoms with Gasteiger partial charge in [0, 0.05) is 31.3 Å². The van der Waals surface area contributed by atoms with Crippen molar-refractivity contribution in [3.05, 3.63) is 16.6 Å². The molecule has 1 fully saturated rings. The smallest absolute Gasteiger partial charge is 0.110 e. The normalized spacial score (nSPS) is 23.9. The third-order valence-electron chi connectivity index (χ3n) is 2.42. The van der Waals surface area contributed by atoms with Crippen LogP contribution in [0.15, 0.2) is 11.7 Å². The average Bonchev–Trinajstić information content (AvgIpc) is 2.76. The van der Waals surface area contributed by atoms with Gasteiger partial charge in [0.1, 0.15) is 6.23 Å². The molecule has 72 valence electrons. The average molecular weight is 198 g/mol. The fraction of sp³-hybridized carbons (Fsp3) is 0.667. The highest BCUT2D eigenvalue weighted by Gasteiger charge is 2.23. The number of hydrogen-bond donors (Lipinski definition) is 0. The van der Waals surface area contributed by atoms with Crippen LogP contribution in [-0.4, -0.2) is 29.8 Å². The molecule has 0 aliphatic carbocycles. The predicted molar refractivity (Wildman–Crippen MR) is 52.6 cm³/mol. The monoisotopic (exact) mass is 198 g/mol. The lowest BCUT2D eigenvalue weighted by molar-refractivity contribution is -0.00768. The largest absolute Gasteiger partial charge is 0.366 e. The van der Waals surface area contributed by atoms with Crippen LogP contribution in [0.3, 0.4) is 0 Å². The minimum absolute atomic E-state index is 0.321. The Labute approximate surface area is 82.3 Å². The highest BCUT2D eigenvalue weighted by atomic mass is 32.1. The van der Waals surface area contributed by atoms with Crippen LogP contribution in [-0.2, 0) is 11.3 Å². The molecule has 2 heterocycles. The van der Waals surface area contributed by atoms with Gasteiger partial charge in [0.05, 0.1) is 5.51 Å². The molecule has 0 radical (unpaired) electrons. The number of rotatable bonds is 3. The fourth-order valence-electron chi connectivity index (χ4n) is 1.76. The van der Waals surface area contributed by atoms with E-state index in [4.69, 9.17) is 4.74 Å². The Balaban J connectivity index is 1.94. The van der Waals surface area contributed by atoms with Crippen molar-refractivity contribution in [2.75, 3.05) is 13.7 Å². The van der Waals surface area contributed by atoms with Crippen LogP contribution in [0.4, 0.5) is 0 Å². The fourth-order valence-corrected chi connectivity index (χ4v) is 2.38. The van der Waals surface area contributed by atoms with Gasteiger partial charge in [-0.05, 0) is 12.8 Å². The van der Waals surface area contributed by atoms with Crippen molar-refractivity contribution in [1.29, 1.82) is 0 Å². The van der Waals surface area contributed by atoms with Crippen molar-refractivity contribution >= 4 is 11.3 Å². The minimum Gasteiger partial charge on any atom is -0.366 e. The maximum absolute atomic E-state index is 5.38. The van der Waals surface area contributed by atoms with E-state index in [0.717, 1.165) is 19.5 Å². The van der Waals surface area contributed by atoms with Crippen molar-refractivity contribution in [3.63, 3.8) is 0 Å². The van der Waals surface area contributed by atoms with Crippen molar-refractivity contribution in [3.8, 4) is 0 Å². The zero-order valence-corrected chi connectivity index (χ0v) is 8.59. The van der Waals surface area contributed by atoms with Crippen LogP contribution in [0.1, 0.15) is 17.7 Å². The molecule has 13 heavy (non-hydrogen) atoms. The van der Waals surface area contributed by atoms with E-state index >= 15 is 0 Å². The second kappa shape index (κ2) is 4.17. The van der Waals surface area contributed by atoms with Crippen LogP contribution in [0, 0.1) is 0 Å². The van der Waals surface area contributed by atoms with Crippen molar-refractivity contribution in [2.45, 2.75) is 25.6 Å². The summed E-state index contributed by atoms with van der Waals surface area (Å²) in [6.07, 6.45) is 4.67. The molecule has 1 aliphatic rings. The summed E-state index contributed by atoms with van der Waals surface area (Å²) in [6.45, 7) is 2.14. The van der Waals surface area contributed by atoms with Gasteiger partial charge in [0.25, 0.3) is 0 Å². The SMILES string of the molecule is COC1CCCN1Cc1cncs1. The summed E-state index contributed by atoms with van der Waals surface area (Å²) < 4.78 is 5.38. The quantitative estimate of drug-likeness (QED) is 0.739. The number of thiazole rings is 1. The van der Waals surface area contributed by atoms with E-state index < -0.39 is 0 Å². The number of likely N-dealkylation sites (tertiary alicyclic amines) is 1. The molecule has 0 N–H and O–H groups in total. The number of methoxy groups -OCH3 is 1.